The molecule has 1 saturated heterocycles. The van der Waals surface area contributed by atoms with Gasteiger partial charge in [0.2, 0.25) is 5.91 Å². The molecule has 1 aromatic heterocycles. The summed E-state index contributed by atoms with van der Waals surface area (Å²) in [5.74, 6) is 1.17. The van der Waals surface area contributed by atoms with E-state index in [0.29, 0.717) is 6.54 Å². The van der Waals surface area contributed by atoms with Crippen molar-refractivity contribution in [3.63, 3.8) is 0 Å². The molecule has 1 amide bonds. The number of nitrogens with zero attached hydrogens (tertiary/aromatic N) is 1. The second-order valence-electron chi connectivity index (χ2n) is 5.03. The number of hydrogen-bond donors (Lipinski definition) is 2. The zero-order valence-electron chi connectivity index (χ0n) is 11.7. The van der Waals surface area contributed by atoms with Gasteiger partial charge >= 0.3 is 0 Å². The number of aromatic nitrogens is 1. The Balaban J connectivity index is 0.00000180. The Morgan fingerprint density at radius 3 is 2.84 bits per heavy atom. The van der Waals surface area contributed by atoms with Gasteiger partial charge in [0.1, 0.15) is 5.76 Å². The molecule has 0 saturated carbocycles. The number of amides is 1. The first kappa shape index (κ1) is 16.0. The van der Waals surface area contributed by atoms with Gasteiger partial charge in [-0.3, -0.25) is 4.79 Å². The summed E-state index contributed by atoms with van der Waals surface area (Å²) in [7, 11) is 0. The van der Waals surface area contributed by atoms with Gasteiger partial charge in [-0.05, 0) is 33.2 Å². The average molecular weight is 288 g/mol. The molecule has 1 fully saturated rings. The minimum absolute atomic E-state index is 0. The van der Waals surface area contributed by atoms with E-state index in [0.717, 1.165) is 36.4 Å². The quantitative estimate of drug-likeness (QED) is 0.884. The van der Waals surface area contributed by atoms with Crippen molar-refractivity contribution in [2.45, 2.75) is 45.6 Å². The van der Waals surface area contributed by atoms with Crippen LogP contribution in [-0.4, -0.2) is 30.2 Å². The summed E-state index contributed by atoms with van der Waals surface area (Å²) >= 11 is 0. The van der Waals surface area contributed by atoms with E-state index in [1.807, 2.05) is 13.8 Å². The largest absolute Gasteiger partial charge is 0.361 e. The Bertz CT molecular complexity index is 408. The van der Waals surface area contributed by atoms with E-state index in [2.05, 4.69) is 22.7 Å². The first-order valence-corrected chi connectivity index (χ1v) is 6.53. The number of nitrogens with one attached hydrogen (secondary N) is 2. The maximum absolute atomic E-state index is 11.9. The summed E-state index contributed by atoms with van der Waals surface area (Å²) in [6.07, 6.45) is 2.02. The standard InChI is InChI=1S/C13H21N3O2.ClH/c1-8(12-9(2)16-18-10(12)3)7-15-13(17)11-5-4-6-14-11;/h8,11,14H,4-7H2,1-3H3,(H,15,17);1H. The Morgan fingerprint density at radius 2 is 2.32 bits per heavy atom. The van der Waals surface area contributed by atoms with Gasteiger partial charge in [0.05, 0.1) is 11.7 Å². The topological polar surface area (TPSA) is 67.2 Å². The van der Waals surface area contributed by atoms with Crippen molar-refractivity contribution in [2.24, 2.45) is 0 Å². The number of rotatable bonds is 4. The molecule has 2 rings (SSSR count). The van der Waals surface area contributed by atoms with Crippen LogP contribution in [0.2, 0.25) is 0 Å². The zero-order chi connectivity index (χ0) is 13.1. The van der Waals surface area contributed by atoms with Gasteiger partial charge < -0.3 is 15.2 Å². The monoisotopic (exact) mass is 287 g/mol. The van der Waals surface area contributed by atoms with Crippen LogP contribution in [0.3, 0.4) is 0 Å². The fourth-order valence-electron chi connectivity index (χ4n) is 2.58. The van der Waals surface area contributed by atoms with Crippen LogP contribution in [0.25, 0.3) is 0 Å². The van der Waals surface area contributed by atoms with Gasteiger partial charge in [-0.2, -0.15) is 0 Å². The number of carbonyl (C=O) groups is 1. The molecule has 19 heavy (non-hydrogen) atoms. The number of aryl methyl sites for hydroxylation is 2. The molecule has 2 atom stereocenters. The SMILES string of the molecule is Cc1noc(C)c1C(C)CNC(=O)C1CCCN1.Cl. The molecule has 5 nitrogen and oxygen atoms in total. The van der Waals surface area contributed by atoms with E-state index in [1.54, 1.807) is 0 Å². The Hall–Kier alpha value is -1.07. The third-order valence-electron chi connectivity index (χ3n) is 3.54. The van der Waals surface area contributed by atoms with Gasteiger partial charge in [-0.15, -0.1) is 12.4 Å². The lowest BCUT2D eigenvalue weighted by atomic mass is 9.99. The Kier molecular flexibility index (Phi) is 5.82. The van der Waals surface area contributed by atoms with E-state index in [-0.39, 0.29) is 30.3 Å². The minimum Gasteiger partial charge on any atom is -0.361 e. The summed E-state index contributed by atoms with van der Waals surface area (Å²) in [5, 5.41) is 10.1. The van der Waals surface area contributed by atoms with Crippen molar-refractivity contribution in [3.05, 3.63) is 17.0 Å². The van der Waals surface area contributed by atoms with Crippen molar-refractivity contribution in [1.29, 1.82) is 0 Å². The normalized spacial score (nSPS) is 19.8. The maximum atomic E-state index is 11.9. The molecule has 1 aliphatic heterocycles. The molecular weight excluding hydrogens is 266 g/mol. The van der Waals surface area contributed by atoms with Crippen LogP contribution >= 0.6 is 12.4 Å². The third kappa shape index (κ3) is 3.70. The molecule has 2 unspecified atom stereocenters. The van der Waals surface area contributed by atoms with Gasteiger partial charge in [0.25, 0.3) is 0 Å². The predicted octanol–water partition coefficient (Wildman–Crippen LogP) is 1.68. The molecule has 2 N–H and O–H groups in total. The smallest absolute Gasteiger partial charge is 0.237 e. The van der Waals surface area contributed by atoms with E-state index in [9.17, 15) is 4.79 Å². The van der Waals surface area contributed by atoms with E-state index < -0.39 is 0 Å². The molecule has 0 bridgehead atoms. The zero-order valence-corrected chi connectivity index (χ0v) is 12.5. The molecule has 0 radical (unpaired) electrons. The lowest BCUT2D eigenvalue weighted by Gasteiger charge is -2.15. The highest BCUT2D eigenvalue weighted by atomic mass is 35.5. The van der Waals surface area contributed by atoms with Crippen LogP contribution in [0.4, 0.5) is 0 Å². The average Bonchev–Trinajstić information content (AvgIpc) is 2.96. The second kappa shape index (κ2) is 6.91. The summed E-state index contributed by atoms with van der Waals surface area (Å²) in [6, 6.07) is -0.0122. The summed E-state index contributed by atoms with van der Waals surface area (Å²) in [6.45, 7) is 7.49. The fourth-order valence-corrected chi connectivity index (χ4v) is 2.58. The lowest BCUT2D eigenvalue weighted by Crippen LogP contribution is -2.41. The Morgan fingerprint density at radius 1 is 1.58 bits per heavy atom. The van der Waals surface area contributed by atoms with Crippen molar-refractivity contribution < 1.29 is 9.32 Å². The molecule has 0 aliphatic carbocycles. The van der Waals surface area contributed by atoms with Crippen molar-refractivity contribution >= 4 is 18.3 Å². The van der Waals surface area contributed by atoms with E-state index >= 15 is 0 Å². The highest BCUT2D eigenvalue weighted by Crippen LogP contribution is 2.22. The van der Waals surface area contributed by atoms with Crippen LogP contribution in [0.15, 0.2) is 4.52 Å². The molecular formula is C13H22ClN3O2. The number of halogens is 1. The van der Waals surface area contributed by atoms with Crippen LogP contribution in [0.1, 0.15) is 42.7 Å². The van der Waals surface area contributed by atoms with Gasteiger partial charge in [-0.1, -0.05) is 12.1 Å². The summed E-state index contributed by atoms with van der Waals surface area (Å²) < 4.78 is 5.15. The molecule has 6 heteroatoms. The number of carbonyl (C=O) groups excluding carboxylic acids is 1. The molecule has 2 heterocycles. The molecule has 1 aliphatic rings. The van der Waals surface area contributed by atoms with Gasteiger partial charge in [0.15, 0.2) is 0 Å². The van der Waals surface area contributed by atoms with E-state index in [4.69, 9.17) is 4.52 Å². The highest BCUT2D eigenvalue weighted by Gasteiger charge is 2.23. The molecule has 0 aromatic carbocycles. The Labute approximate surface area is 119 Å². The van der Waals surface area contributed by atoms with Crippen molar-refractivity contribution in [1.82, 2.24) is 15.8 Å². The van der Waals surface area contributed by atoms with Crippen LogP contribution in [0, 0.1) is 13.8 Å². The van der Waals surface area contributed by atoms with Crippen LogP contribution in [0.5, 0.6) is 0 Å². The van der Waals surface area contributed by atoms with Gasteiger partial charge in [0, 0.05) is 18.0 Å². The summed E-state index contributed by atoms with van der Waals surface area (Å²) in [4.78, 5) is 11.9. The molecule has 108 valence electrons. The molecule has 1 aromatic rings. The highest BCUT2D eigenvalue weighted by molar-refractivity contribution is 5.85. The number of hydrogen-bond acceptors (Lipinski definition) is 4. The third-order valence-corrected chi connectivity index (χ3v) is 3.54. The molecule has 0 spiro atoms. The van der Waals surface area contributed by atoms with Crippen molar-refractivity contribution in [3.8, 4) is 0 Å². The first-order valence-electron chi connectivity index (χ1n) is 6.53. The predicted molar refractivity (Wildman–Crippen MR) is 75.7 cm³/mol. The second-order valence-corrected chi connectivity index (χ2v) is 5.03. The first-order chi connectivity index (χ1) is 8.59. The lowest BCUT2D eigenvalue weighted by molar-refractivity contribution is -0.122. The van der Waals surface area contributed by atoms with E-state index in [1.165, 1.54) is 0 Å². The maximum Gasteiger partial charge on any atom is 0.237 e. The van der Waals surface area contributed by atoms with Gasteiger partial charge in [-0.25, -0.2) is 0 Å². The summed E-state index contributed by atoms with van der Waals surface area (Å²) in [5.41, 5.74) is 2.02. The van der Waals surface area contributed by atoms with Crippen LogP contribution < -0.4 is 10.6 Å². The minimum atomic E-state index is -0.0122. The fraction of sp³-hybridized carbons (Fsp3) is 0.692. The van der Waals surface area contributed by atoms with Crippen molar-refractivity contribution in [2.75, 3.05) is 13.1 Å². The van der Waals surface area contributed by atoms with Crippen LogP contribution in [-0.2, 0) is 4.79 Å².